The van der Waals surface area contributed by atoms with E-state index in [1.165, 1.54) is 11.1 Å². The van der Waals surface area contributed by atoms with Crippen LogP contribution < -0.4 is 10.1 Å². The minimum atomic E-state index is 0.519. The maximum Gasteiger partial charge on any atom is 0.133 e. The molecule has 0 radical (unpaired) electrons. The van der Waals surface area contributed by atoms with E-state index in [4.69, 9.17) is 16.3 Å². The second kappa shape index (κ2) is 6.97. The van der Waals surface area contributed by atoms with Gasteiger partial charge in [-0.15, -0.1) is 0 Å². The molecule has 0 aliphatic rings. The van der Waals surface area contributed by atoms with Gasteiger partial charge in [0.05, 0.1) is 0 Å². The summed E-state index contributed by atoms with van der Waals surface area (Å²) >= 11 is 6.25. The Morgan fingerprint density at radius 3 is 2.57 bits per heavy atom. The average Bonchev–Trinajstić information content (AvgIpc) is 2.42. The average molecular weight is 304 g/mol. The van der Waals surface area contributed by atoms with Gasteiger partial charge in [0.1, 0.15) is 11.5 Å². The van der Waals surface area contributed by atoms with Gasteiger partial charge in [-0.25, -0.2) is 0 Å². The van der Waals surface area contributed by atoms with E-state index < -0.39 is 0 Å². The first-order valence-corrected chi connectivity index (χ1v) is 7.61. The van der Waals surface area contributed by atoms with Crippen LogP contribution in [-0.2, 0) is 6.54 Å². The Kier molecular flexibility index (Phi) is 5.27. The molecule has 112 valence electrons. The largest absolute Gasteiger partial charge is 0.457 e. The van der Waals surface area contributed by atoms with Crippen LogP contribution >= 0.6 is 11.6 Å². The van der Waals surface area contributed by atoms with Crippen molar-refractivity contribution in [2.24, 2.45) is 0 Å². The van der Waals surface area contributed by atoms with Gasteiger partial charge in [0.2, 0.25) is 0 Å². The Bertz CT molecular complexity index is 623. The zero-order chi connectivity index (χ0) is 15.4. The number of hydrogen-bond acceptors (Lipinski definition) is 2. The predicted molar refractivity (Wildman–Crippen MR) is 89.6 cm³/mol. The monoisotopic (exact) mass is 303 g/mol. The van der Waals surface area contributed by atoms with Gasteiger partial charge < -0.3 is 10.1 Å². The number of benzene rings is 2. The molecular weight excluding hydrogens is 282 g/mol. The van der Waals surface area contributed by atoms with Crippen LogP contribution in [0, 0.1) is 6.92 Å². The fourth-order valence-electron chi connectivity index (χ4n) is 2.47. The lowest BCUT2D eigenvalue weighted by Gasteiger charge is -2.15. The second-order valence-corrected chi connectivity index (χ2v) is 5.93. The van der Waals surface area contributed by atoms with Crippen LogP contribution in [0.15, 0.2) is 36.4 Å². The highest BCUT2D eigenvalue weighted by molar-refractivity contribution is 6.31. The lowest BCUT2D eigenvalue weighted by molar-refractivity contribution is 0.473. The van der Waals surface area contributed by atoms with Crippen molar-refractivity contribution in [1.29, 1.82) is 0 Å². The molecule has 0 aliphatic heterocycles. The molecule has 0 bridgehead atoms. The lowest BCUT2D eigenvalue weighted by atomic mass is 9.98. The standard InChI is InChI=1S/C18H22ClNO/c1-12(2)15-9-8-14(10-13(15)3)21-18-7-5-6-17(19)16(18)11-20-4/h5-10,12,20H,11H2,1-4H3. The van der Waals surface area contributed by atoms with Gasteiger partial charge in [0.25, 0.3) is 0 Å². The van der Waals surface area contributed by atoms with Gasteiger partial charge in [-0.3, -0.25) is 0 Å². The minimum Gasteiger partial charge on any atom is -0.457 e. The van der Waals surface area contributed by atoms with Crippen molar-refractivity contribution in [3.8, 4) is 11.5 Å². The molecule has 0 unspecified atom stereocenters. The van der Waals surface area contributed by atoms with Crippen LogP contribution in [0.25, 0.3) is 0 Å². The molecule has 1 N–H and O–H groups in total. The summed E-state index contributed by atoms with van der Waals surface area (Å²) in [5.41, 5.74) is 3.58. The van der Waals surface area contributed by atoms with Crippen molar-refractivity contribution < 1.29 is 4.74 Å². The van der Waals surface area contributed by atoms with Crippen LogP contribution in [0.3, 0.4) is 0 Å². The van der Waals surface area contributed by atoms with E-state index in [0.29, 0.717) is 12.5 Å². The van der Waals surface area contributed by atoms with Crippen LogP contribution in [0.1, 0.15) is 36.5 Å². The van der Waals surface area contributed by atoms with Gasteiger partial charge in [0, 0.05) is 17.1 Å². The number of nitrogens with one attached hydrogen (secondary N) is 1. The van der Waals surface area contributed by atoms with Crippen molar-refractivity contribution in [2.45, 2.75) is 33.2 Å². The smallest absolute Gasteiger partial charge is 0.133 e. The van der Waals surface area contributed by atoms with Crippen molar-refractivity contribution in [1.82, 2.24) is 5.32 Å². The number of aryl methyl sites for hydroxylation is 1. The molecule has 0 heterocycles. The summed E-state index contributed by atoms with van der Waals surface area (Å²) in [6, 6.07) is 12.0. The Balaban J connectivity index is 2.30. The summed E-state index contributed by atoms with van der Waals surface area (Å²) in [6.07, 6.45) is 0. The molecule has 2 nitrogen and oxygen atoms in total. The molecule has 0 saturated carbocycles. The van der Waals surface area contributed by atoms with Crippen molar-refractivity contribution in [2.75, 3.05) is 7.05 Å². The van der Waals surface area contributed by atoms with Crippen molar-refractivity contribution in [3.05, 3.63) is 58.1 Å². The molecule has 0 spiro atoms. The first-order valence-electron chi connectivity index (χ1n) is 7.23. The fourth-order valence-corrected chi connectivity index (χ4v) is 2.70. The first kappa shape index (κ1) is 15.9. The molecule has 0 aromatic heterocycles. The Morgan fingerprint density at radius 2 is 1.95 bits per heavy atom. The van der Waals surface area contributed by atoms with Crippen LogP contribution in [0.2, 0.25) is 5.02 Å². The molecule has 2 rings (SSSR count). The molecule has 21 heavy (non-hydrogen) atoms. The maximum absolute atomic E-state index is 6.25. The third kappa shape index (κ3) is 3.78. The minimum absolute atomic E-state index is 0.519. The second-order valence-electron chi connectivity index (χ2n) is 5.52. The SMILES string of the molecule is CNCc1c(Cl)cccc1Oc1ccc(C(C)C)c(C)c1. The van der Waals surface area contributed by atoms with E-state index in [1.54, 1.807) is 0 Å². The topological polar surface area (TPSA) is 21.3 Å². The third-order valence-corrected chi connectivity index (χ3v) is 3.87. The molecular formula is C18H22ClNO. The van der Waals surface area contributed by atoms with Crippen LogP contribution in [0.5, 0.6) is 11.5 Å². The quantitative estimate of drug-likeness (QED) is 0.811. The summed E-state index contributed by atoms with van der Waals surface area (Å²) in [7, 11) is 1.90. The Labute approximate surface area is 132 Å². The Hall–Kier alpha value is -1.51. The molecule has 0 aliphatic carbocycles. The van der Waals surface area contributed by atoms with Gasteiger partial charge in [0.15, 0.2) is 0 Å². The van der Waals surface area contributed by atoms with Crippen molar-refractivity contribution in [3.63, 3.8) is 0 Å². The van der Waals surface area contributed by atoms with E-state index in [1.807, 2.05) is 31.3 Å². The highest BCUT2D eigenvalue weighted by Gasteiger charge is 2.10. The highest BCUT2D eigenvalue weighted by Crippen LogP contribution is 2.32. The van der Waals surface area contributed by atoms with E-state index in [2.05, 4.69) is 38.2 Å². The summed E-state index contributed by atoms with van der Waals surface area (Å²) in [5, 5.41) is 3.84. The number of rotatable bonds is 5. The predicted octanol–water partition coefficient (Wildman–Crippen LogP) is 5.28. The maximum atomic E-state index is 6.25. The Morgan fingerprint density at radius 1 is 1.19 bits per heavy atom. The molecule has 0 atom stereocenters. The van der Waals surface area contributed by atoms with Crippen LogP contribution in [-0.4, -0.2) is 7.05 Å². The van der Waals surface area contributed by atoms with Gasteiger partial charge in [-0.1, -0.05) is 37.6 Å². The summed E-state index contributed by atoms with van der Waals surface area (Å²) in [5.74, 6) is 2.16. The summed E-state index contributed by atoms with van der Waals surface area (Å²) in [6.45, 7) is 7.20. The summed E-state index contributed by atoms with van der Waals surface area (Å²) in [4.78, 5) is 0. The fraction of sp³-hybridized carbons (Fsp3) is 0.333. The summed E-state index contributed by atoms with van der Waals surface area (Å²) < 4.78 is 6.03. The third-order valence-electron chi connectivity index (χ3n) is 3.52. The van der Waals surface area contributed by atoms with Gasteiger partial charge in [-0.2, -0.15) is 0 Å². The van der Waals surface area contributed by atoms with E-state index >= 15 is 0 Å². The lowest BCUT2D eigenvalue weighted by Crippen LogP contribution is -2.07. The zero-order valence-electron chi connectivity index (χ0n) is 13.0. The normalized spacial score (nSPS) is 11.0. The molecule has 2 aromatic carbocycles. The molecule has 2 aromatic rings. The molecule has 0 amide bonds. The number of hydrogen-bond donors (Lipinski definition) is 1. The van der Waals surface area contributed by atoms with Crippen LogP contribution in [0.4, 0.5) is 0 Å². The van der Waals surface area contributed by atoms with E-state index in [0.717, 1.165) is 22.1 Å². The van der Waals surface area contributed by atoms with Gasteiger partial charge in [-0.05, 0) is 55.3 Å². The van der Waals surface area contributed by atoms with E-state index in [9.17, 15) is 0 Å². The van der Waals surface area contributed by atoms with Crippen molar-refractivity contribution >= 4 is 11.6 Å². The molecule has 0 saturated heterocycles. The molecule has 3 heteroatoms. The number of halogens is 1. The molecule has 0 fully saturated rings. The highest BCUT2D eigenvalue weighted by atomic mass is 35.5. The zero-order valence-corrected chi connectivity index (χ0v) is 13.8. The first-order chi connectivity index (χ1) is 10.0. The number of ether oxygens (including phenoxy) is 1. The van der Waals surface area contributed by atoms with Gasteiger partial charge >= 0.3 is 0 Å². The van der Waals surface area contributed by atoms with E-state index in [-0.39, 0.29) is 0 Å².